The van der Waals surface area contributed by atoms with E-state index in [4.69, 9.17) is 23.2 Å². The largest absolute Gasteiger partial charge is 0.227 e. The maximum absolute atomic E-state index is 13.9. The van der Waals surface area contributed by atoms with Crippen molar-refractivity contribution in [1.29, 1.82) is 0 Å². The smallest absolute Gasteiger partial charge is 0.206 e. The lowest BCUT2D eigenvalue weighted by molar-refractivity contribution is 0.627. The minimum absolute atomic E-state index is 0.0561. The average Bonchev–Trinajstić information content (AvgIpc) is 2.13. The zero-order chi connectivity index (χ0) is 12.6. The van der Waals surface area contributed by atoms with Crippen LogP contribution in [0.2, 0.25) is 10.6 Å². The fourth-order valence-corrected chi connectivity index (χ4v) is 2.00. The number of benzene rings is 1. The molecule has 0 unspecified atom stereocenters. The molecule has 1 aromatic heterocycles. The van der Waals surface area contributed by atoms with Crippen LogP contribution >= 0.6 is 23.2 Å². The van der Waals surface area contributed by atoms with Crippen LogP contribution in [0.1, 0.15) is 11.1 Å². The predicted molar refractivity (Wildman–Crippen MR) is 64.7 cm³/mol. The maximum Gasteiger partial charge on any atom is 0.227 e. The fraction of sp³-hybridized carbons (Fsp3) is 0.182. The number of aryl methyl sites for hydroxylation is 2. The van der Waals surface area contributed by atoms with Gasteiger partial charge in [0.25, 0.3) is 0 Å². The molecule has 0 saturated carbocycles. The summed E-state index contributed by atoms with van der Waals surface area (Å²) in [5, 5.41) is -0.112. The van der Waals surface area contributed by atoms with Gasteiger partial charge in [-0.25, -0.2) is 4.39 Å². The Labute approximate surface area is 108 Å². The third kappa shape index (κ3) is 2.53. The molecule has 0 fully saturated rings. The average molecular weight is 272 g/mol. The van der Waals surface area contributed by atoms with Gasteiger partial charge >= 0.3 is 0 Å². The first kappa shape index (κ1) is 12.2. The van der Waals surface area contributed by atoms with Gasteiger partial charge in [-0.15, -0.1) is 0 Å². The van der Waals surface area contributed by atoms with Gasteiger partial charge in [0.1, 0.15) is 5.82 Å². The van der Waals surface area contributed by atoms with Gasteiger partial charge in [0.2, 0.25) is 10.6 Å². The zero-order valence-corrected chi connectivity index (χ0v) is 10.6. The summed E-state index contributed by atoms with van der Waals surface area (Å²) in [4.78, 5) is 11.4. The van der Waals surface area contributed by atoms with Crippen LogP contribution in [0.5, 0.6) is 0 Å². The van der Waals surface area contributed by atoms with Crippen molar-refractivity contribution in [3.05, 3.63) is 39.6 Å². The van der Waals surface area contributed by atoms with E-state index >= 15 is 0 Å². The zero-order valence-electron chi connectivity index (χ0n) is 9.13. The van der Waals surface area contributed by atoms with E-state index in [0.29, 0.717) is 5.56 Å². The van der Waals surface area contributed by atoms with Crippen LogP contribution in [-0.2, 0) is 0 Å². The molecular weight excluding hydrogens is 264 g/mol. The molecule has 0 bridgehead atoms. The van der Waals surface area contributed by atoms with E-state index in [1.54, 1.807) is 6.92 Å². The standard InChI is InChI=1S/C11H8Cl2FN3/c1-5-3-6(2)8(7(14)4-5)9-15-10(12)17-11(13)16-9/h3-4H,1-2H3. The molecule has 0 atom stereocenters. The van der Waals surface area contributed by atoms with Gasteiger partial charge in [0, 0.05) is 0 Å². The first-order valence-corrected chi connectivity index (χ1v) is 5.57. The Morgan fingerprint density at radius 2 is 1.59 bits per heavy atom. The molecule has 0 aliphatic rings. The summed E-state index contributed by atoms with van der Waals surface area (Å²) in [7, 11) is 0. The van der Waals surface area contributed by atoms with Crippen LogP contribution < -0.4 is 0 Å². The highest BCUT2D eigenvalue weighted by Gasteiger charge is 2.14. The van der Waals surface area contributed by atoms with Gasteiger partial charge in [0.05, 0.1) is 5.56 Å². The van der Waals surface area contributed by atoms with Gasteiger partial charge in [-0.1, -0.05) is 6.07 Å². The molecule has 0 aliphatic carbocycles. The lowest BCUT2D eigenvalue weighted by Gasteiger charge is -2.07. The molecule has 3 nitrogen and oxygen atoms in total. The van der Waals surface area contributed by atoms with Crippen LogP contribution in [0.25, 0.3) is 11.4 Å². The van der Waals surface area contributed by atoms with E-state index in [1.165, 1.54) is 6.07 Å². The Balaban J connectivity index is 2.68. The molecule has 88 valence electrons. The first-order chi connectivity index (χ1) is 7.97. The highest BCUT2D eigenvalue weighted by atomic mass is 35.5. The fourth-order valence-electron chi connectivity index (χ4n) is 1.64. The van der Waals surface area contributed by atoms with Gasteiger partial charge in [-0.2, -0.15) is 15.0 Å². The molecule has 0 amide bonds. The molecule has 0 saturated heterocycles. The van der Waals surface area contributed by atoms with Crippen molar-refractivity contribution in [3.8, 4) is 11.4 Å². The second kappa shape index (κ2) is 4.55. The topological polar surface area (TPSA) is 38.7 Å². The van der Waals surface area contributed by atoms with E-state index in [2.05, 4.69) is 15.0 Å². The van der Waals surface area contributed by atoms with Crippen LogP contribution in [0.4, 0.5) is 4.39 Å². The van der Waals surface area contributed by atoms with Crippen LogP contribution in [0.3, 0.4) is 0 Å². The number of rotatable bonds is 1. The summed E-state index contributed by atoms with van der Waals surface area (Å²) < 4.78 is 13.9. The summed E-state index contributed by atoms with van der Waals surface area (Å²) in [6, 6.07) is 3.25. The van der Waals surface area contributed by atoms with Crippen LogP contribution in [0.15, 0.2) is 12.1 Å². The number of nitrogens with zero attached hydrogens (tertiary/aromatic N) is 3. The Kier molecular flexibility index (Phi) is 3.26. The van der Waals surface area contributed by atoms with Crippen molar-refractivity contribution in [1.82, 2.24) is 15.0 Å². The Hall–Kier alpha value is -1.26. The first-order valence-electron chi connectivity index (χ1n) is 4.81. The molecule has 1 heterocycles. The van der Waals surface area contributed by atoms with Crippen LogP contribution in [-0.4, -0.2) is 15.0 Å². The second-order valence-electron chi connectivity index (χ2n) is 3.64. The van der Waals surface area contributed by atoms with E-state index in [9.17, 15) is 4.39 Å². The molecule has 2 aromatic rings. The molecular formula is C11H8Cl2FN3. The molecule has 2 rings (SSSR count). The van der Waals surface area contributed by atoms with Crippen molar-refractivity contribution in [3.63, 3.8) is 0 Å². The normalized spacial score (nSPS) is 10.6. The highest BCUT2D eigenvalue weighted by molar-refractivity contribution is 6.31. The molecule has 0 aliphatic heterocycles. The lowest BCUT2D eigenvalue weighted by Crippen LogP contribution is -1.98. The van der Waals surface area contributed by atoms with Crippen molar-refractivity contribution < 1.29 is 4.39 Å². The van der Waals surface area contributed by atoms with Crippen molar-refractivity contribution in [2.24, 2.45) is 0 Å². The van der Waals surface area contributed by atoms with Crippen LogP contribution in [0, 0.1) is 19.7 Å². The molecule has 0 radical (unpaired) electrons. The Bertz CT molecular complexity index is 544. The SMILES string of the molecule is Cc1cc(C)c(-c2nc(Cl)nc(Cl)n2)c(F)c1. The van der Waals surface area contributed by atoms with Gasteiger partial charge in [0.15, 0.2) is 5.82 Å². The van der Waals surface area contributed by atoms with Crippen molar-refractivity contribution >= 4 is 23.2 Å². The molecule has 17 heavy (non-hydrogen) atoms. The molecule has 6 heteroatoms. The number of halogens is 3. The second-order valence-corrected chi connectivity index (χ2v) is 4.31. The summed E-state index contributed by atoms with van der Waals surface area (Å²) in [6.07, 6.45) is 0. The Morgan fingerprint density at radius 1 is 1.00 bits per heavy atom. The molecule has 0 spiro atoms. The minimum atomic E-state index is -0.402. The van der Waals surface area contributed by atoms with Gasteiger partial charge in [-0.3, -0.25) is 0 Å². The van der Waals surface area contributed by atoms with Crippen molar-refractivity contribution in [2.45, 2.75) is 13.8 Å². The Morgan fingerprint density at radius 3 is 2.12 bits per heavy atom. The third-order valence-corrected chi connectivity index (χ3v) is 2.57. The van der Waals surface area contributed by atoms with Gasteiger partial charge in [-0.05, 0) is 54.2 Å². The summed E-state index contributed by atoms with van der Waals surface area (Å²) in [5.74, 6) is -0.258. The number of aromatic nitrogens is 3. The molecule has 0 N–H and O–H groups in total. The third-order valence-electron chi connectivity index (χ3n) is 2.24. The van der Waals surface area contributed by atoms with E-state index in [1.807, 2.05) is 13.0 Å². The monoisotopic (exact) mass is 271 g/mol. The predicted octanol–water partition coefficient (Wildman–Crippen LogP) is 3.60. The van der Waals surface area contributed by atoms with E-state index in [0.717, 1.165) is 11.1 Å². The summed E-state index contributed by atoms with van der Waals surface area (Å²) in [5.41, 5.74) is 1.85. The maximum atomic E-state index is 13.9. The van der Waals surface area contributed by atoms with Gasteiger partial charge < -0.3 is 0 Å². The number of hydrogen-bond acceptors (Lipinski definition) is 3. The summed E-state index contributed by atoms with van der Waals surface area (Å²) in [6.45, 7) is 3.59. The van der Waals surface area contributed by atoms with E-state index in [-0.39, 0.29) is 16.4 Å². The minimum Gasteiger partial charge on any atom is -0.206 e. The number of hydrogen-bond donors (Lipinski definition) is 0. The molecule has 1 aromatic carbocycles. The highest BCUT2D eigenvalue weighted by Crippen LogP contribution is 2.26. The quantitative estimate of drug-likeness (QED) is 0.796. The lowest BCUT2D eigenvalue weighted by atomic mass is 10.0. The summed E-state index contributed by atoms with van der Waals surface area (Å²) >= 11 is 11.3. The van der Waals surface area contributed by atoms with Crippen molar-refractivity contribution in [2.75, 3.05) is 0 Å². The van der Waals surface area contributed by atoms with E-state index < -0.39 is 5.82 Å².